The zero-order chi connectivity index (χ0) is 14.0. The summed E-state index contributed by atoms with van der Waals surface area (Å²) < 4.78 is 5.73. The minimum Gasteiger partial charge on any atom is -0.461 e. The average molecular weight is 263 g/mol. The Bertz CT molecular complexity index is 676. The van der Waals surface area contributed by atoms with Crippen molar-refractivity contribution < 1.29 is 19.2 Å². The van der Waals surface area contributed by atoms with Crippen LogP contribution < -0.4 is 0 Å². The number of aromatic nitrogens is 2. The van der Waals surface area contributed by atoms with E-state index in [4.69, 9.17) is 4.74 Å². The maximum Gasteiger partial charge on any atom is 0.365 e. The van der Waals surface area contributed by atoms with Gasteiger partial charge in [0.2, 0.25) is 11.3 Å². The Morgan fingerprint density at radius 3 is 2.89 bits per heavy atom. The van der Waals surface area contributed by atoms with E-state index in [0.29, 0.717) is 6.29 Å². The second-order valence-corrected chi connectivity index (χ2v) is 3.52. The van der Waals surface area contributed by atoms with Gasteiger partial charge in [0.25, 0.3) is 0 Å². The number of carbonyl (C=O) groups is 2. The molecule has 0 spiro atoms. The first kappa shape index (κ1) is 12.7. The summed E-state index contributed by atoms with van der Waals surface area (Å²) in [5.74, 6) is -1.47. The number of imidazole rings is 1. The van der Waals surface area contributed by atoms with Crippen LogP contribution in [0.5, 0.6) is 0 Å². The van der Waals surface area contributed by atoms with Gasteiger partial charge < -0.3 is 14.9 Å². The van der Waals surface area contributed by atoms with E-state index in [1.165, 1.54) is 18.2 Å². The van der Waals surface area contributed by atoms with Crippen molar-refractivity contribution in [3.8, 4) is 0 Å². The zero-order valence-electron chi connectivity index (χ0n) is 9.90. The molecule has 0 saturated carbocycles. The third-order valence-electron chi connectivity index (χ3n) is 2.41. The van der Waals surface area contributed by atoms with Crippen molar-refractivity contribution in [2.75, 3.05) is 6.61 Å². The smallest absolute Gasteiger partial charge is 0.365 e. The highest BCUT2D eigenvalue weighted by Crippen LogP contribution is 2.22. The van der Waals surface area contributed by atoms with Crippen LogP contribution in [-0.2, 0) is 4.74 Å². The Hall–Kier alpha value is -2.77. The monoisotopic (exact) mass is 263 g/mol. The maximum absolute atomic E-state index is 11.6. The van der Waals surface area contributed by atoms with Gasteiger partial charge in [-0.1, -0.05) is 6.07 Å². The normalized spacial score (nSPS) is 10.4. The molecule has 0 saturated heterocycles. The predicted molar refractivity (Wildman–Crippen MR) is 63.2 cm³/mol. The van der Waals surface area contributed by atoms with Crippen LogP contribution in [0.4, 0.5) is 5.82 Å². The number of aldehydes is 1. The molecule has 0 bridgehead atoms. The van der Waals surface area contributed by atoms with Crippen molar-refractivity contribution in [1.82, 2.24) is 9.38 Å². The molecule has 98 valence electrons. The van der Waals surface area contributed by atoms with E-state index in [9.17, 15) is 19.7 Å². The van der Waals surface area contributed by atoms with Crippen LogP contribution in [0.25, 0.3) is 5.65 Å². The van der Waals surface area contributed by atoms with E-state index in [1.807, 2.05) is 0 Å². The Morgan fingerprint density at radius 2 is 2.32 bits per heavy atom. The average Bonchev–Trinajstić information content (AvgIpc) is 2.78. The molecule has 0 N–H and O–H groups in total. The van der Waals surface area contributed by atoms with Crippen LogP contribution in [-0.4, -0.2) is 33.2 Å². The molecular formula is C11H9N3O5. The van der Waals surface area contributed by atoms with Crippen molar-refractivity contribution in [3.05, 3.63) is 39.7 Å². The molecule has 0 aliphatic heterocycles. The van der Waals surface area contributed by atoms with E-state index in [-0.39, 0.29) is 17.9 Å². The predicted octanol–water partition coefficient (Wildman–Crippen LogP) is 1.23. The molecule has 0 fully saturated rings. The molecule has 0 aromatic carbocycles. The molecule has 2 aromatic rings. The molecule has 0 aliphatic rings. The van der Waals surface area contributed by atoms with Crippen LogP contribution >= 0.6 is 0 Å². The summed E-state index contributed by atoms with van der Waals surface area (Å²) in [6, 6.07) is 4.37. The lowest BCUT2D eigenvalue weighted by molar-refractivity contribution is -0.390. The highest BCUT2D eigenvalue weighted by Gasteiger charge is 2.30. The van der Waals surface area contributed by atoms with E-state index in [0.717, 1.165) is 4.40 Å². The first-order valence-corrected chi connectivity index (χ1v) is 5.38. The molecule has 0 atom stereocenters. The molecule has 0 radical (unpaired) electrons. The number of pyridine rings is 1. The van der Waals surface area contributed by atoms with Crippen LogP contribution in [0.3, 0.4) is 0 Å². The number of esters is 1. The van der Waals surface area contributed by atoms with Gasteiger partial charge in [0.15, 0.2) is 12.0 Å². The van der Waals surface area contributed by atoms with Gasteiger partial charge in [-0.3, -0.25) is 4.79 Å². The van der Waals surface area contributed by atoms with Crippen molar-refractivity contribution in [2.24, 2.45) is 0 Å². The van der Waals surface area contributed by atoms with Gasteiger partial charge in [0.05, 0.1) is 6.61 Å². The molecule has 2 aromatic heterocycles. The molecule has 0 unspecified atom stereocenters. The van der Waals surface area contributed by atoms with E-state index >= 15 is 0 Å². The SMILES string of the molecule is CCOC(=O)c1nc2cccc(C=O)n2c1[N+](=O)[O-]. The van der Waals surface area contributed by atoms with Crippen molar-refractivity contribution in [1.29, 1.82) is 0 Å². The molecule has 8 heteroatoms. The molecule has 2 heterocycles. The van der Waals surface area contributed by atoms with Crippen molar-refractivity contribution >= 4 is 23.7 Å². The fourth-order valence-electron chi connectivity index (χ4n) is 1.70. The van der Waals surface area contributed by atoms with Gasteiger partial charge in [-0.2, -0.15) is 9.38 Å². The maximum atomic E-state index is 11.6. The van der Waals surface area contributed by atoms with Crippen molar-refractivity contribution in [3.63, 3.8) is 0 Å². The lowest BCUT2D eigenvalue weighted by atomic mass is 10.3. The zero-order valence-corrected chi connectivity index (χ0v) is 9.90. The number of ether oxygens (including phenoxy) is 1. The highest BCUT2D eigenvalue weighted by molar-refractivity contribution is 5.93. The number of carbonyl (C=O) groups excluding carboxylic acids is 2. The summed E-state index contributed by atoms with van der Waals surface area (Å²) in [6.07, 6.45) is 0.455. The Labute approximate surface area is 106 Å². The third-order valence-corrected chi connectivity index (χ3v) is 2.41. The molecule has 2 rings (SSSR count). The number of nitrogens with zero attached hydrogens (tertiary/aromatic N) is 3. The van der Waals surface area contributed by atoms with Crippen LogP contribution in [0.1, 0.15) is 27.9 Å². The minimum absolute atomic E-state index is 0.0345. The third kappa shape index (κ3) is 2.03. The van der Waals surface area contributed by atoms with Gasteiger partial charge in [-0.25, -0.2) is 4.79 Å². The minimum atomic E-state index is -0.894. The first-order chi connectivity index (χ1) is 9.10. The van der Waals surface area contributed by atoms with Crippen LogP contribution in [0.15, 0.2) is 18.2 Å². The van der Waals surface area contributed by atoms with Crippen molar-refractivity contribution in [2.45, 2.75) is 6.92 Å². The second-order valence-electron chi connectivity index (χ2n) is 3.52. The number of nitro groups is 1. The fourth-order valence-corrected chi connectivity index (χ4v) is 1.70. The van der Waals surface area contributed by atoms with Gasteiger partial charge in [0.1, 0.15) is 0 Å². The van der Waals surface area contributed by atoms with Gasteiger partial charge in [0, 0.05) is 6.07 Å². The standard InChI is InChI=1S/C11H9N3O5/c1-2-19-11(16)9-10(14(17)18)13-7(6-15)4-3-5-8(13)12-9/h3-6H,2H2,1H3. The first-order valence-electron chi connectivity index (χ1n) is 5.38. The molecule has 0 aliphatic carbocycles. The number of hydrogen-bond acceptors (Lipinski definition) is 6. The Morgan fingerprint density at radius 1 is 1.58 bits per heavy atom. The molecular weight excluding hydrogens is 254 g/mol. The lowest BCUT2D eigenvalue weighted by Crippen LogP contribution is -2.09. The number of hydrogen-bond donors (Lipinski definition) is 0. The quantitative estimate of drug-likeness (QED) is 0.355. The Kier molecular flexibility index (Phi) is 3.23. The summed E-state index contributed by atoms with van der Waals surface area (Å²) in [5.41, 5.74) is -0.243. The van der Waals surface area contributed by atoms with Gasteiger partial charge >= 0.3 is 11.8 Å². The van der Waals surface area contributed by atoms with Crippen LogP contribution in [0.2, 0.25) is 0 Å². The largest absolute Gasteiger partial charge is 0.461 e. The molecule has 8 nitrogen and oxygen atoms in total. The van der Waals surface area contributed by atoms with E-state index in [1.54, 1.807) is 6.92 Å². The van der Waals surface area contributed by atoms with E-state index in [2.05, 4.69) is 4.98 Å². The summed E-state index contributed by atoms with van der Waals surface area (Å²) in [5, 5.41) is 11.1. The lowest BCUT2D eigenvalue weighted by Gasteiger charge is -1.99. The topological polar surface area (TPSA) is 104 Å². The Balaban J connectivity index is 2.79. The number of fused-ring (bicyclic) bond motifs is 1. The van der Waals surface area contributed by atoms with Crippen LogP contribution in [0, 0.1) is 10.1 Å². The molecule has 0 amide bonds. The summed E-state index contributed by atoms with van der Waals surface area (Å²) in [6.45, 7) is 1.65. The van der Waals surface area contributed by atoms with E-state index < -0.39 is 22.4 Å². The number of rotatable bonds is 4. The summed E-state index contributed by atoms with van der Waals surface area (Å²) in [4.78, 5) is 36.7. The fraction of sp³-hybridized carbons (Fsp3) is 0.182. The van der Waals surface area contributed by atoms with Gasteiger partial charge in [-0.15, -0.1) is 0 Å². The van der Waals surface area contributed by atoms with Gasteiger partial charge in [-0.05, 0) is 17.9 Å². The summed E-state index contributed by atoms with van der Waals surface area (Å²) in [7, 11) is 0. The highest BCUT2D eigenvalue weighted by atomic mass is 16.6. The molecule has 19 heavy (non-hydrogen) atoms. The second kappa shape index (κ2) is 4.84. The summed E-state index contributed by atoms with van der Waals surface area (Å²) >= 11 is 0.